The second-order valence-corrected chi connectivity index (χ2v) is 8.16. The summed E-state index contributed by atoms with van der Waals surface area (Å²) in [5.41, 5.74) is 0.241. The van der Waals surface area contributed by atoms with Gasteiger partial charge in [0.05, 0.1) is 0 Å². The molecule has 1 atom stereocenters. The molecule has 0 spiro atoms. The molecule has 3 aromatic rings. The molecule has 1 aliphatic rings. The lowest BCUT2D eigenvalue weighted by molar-refractivity contribution is -0.138. The number of hydrogen-bond acceptors (Lipinski definition) is 3. The molecule has 0 aromatic heterocycles. The molecular weight excluding hydrogens is 409 g/mol. The number of rotatable bonds is 6. The number of carbonyl (C=O) groups excluding carboxylic acids is 3. The Balaban J connectivity index is 1.42. The van der Waals surface area contributed by atoms with E-state index in [0.29, 0.717) is 18.5 Å². The molecule has 1 aliphatic heterocycles. The molecule has 1 saturated heterocycles. The first-order chi connectivity index (χ1) is 15.3. The highest BCUT2D eigenvalue weighted by atomic mass is 19.1. The first-order valence-electron chi connectivity index (χ1n) is 10.4. The van der Waals surface area contributed by atoms with Crippen molar-refractivity contribution in [3.63, 3.8) is 0 Å². The van der Waals surface area contributed by atoms with Crippen molar-refractivity contribution in [1.82, 2.24) is 15.1 Å². The standard InChI is InChI=1S/C25H24FN3O3/c1-25(19-10-12-20(26)13-11-19)23(31)29(24(32)27-25)16-22(30)28(2)15-14-18-8-5-7-17-6-3-4-9-21(17)18/h3-13H,14-16H2,1-2H3,(H,27,32). The molecule has 32 heavy (non-hydrogen) atoms. The SMILES string of the molecule is CN(CCc1cccc2ccccc12)C(=O)CN1C(=O)NC(C)(c2ccc(F)cc2)C1=O. The van der Waals surface area contributed by atoms with E-state index < -0.39 is 23.3 Å². The fourth-order valence-electron chi connectivity index (χ4n) is 4.00. The van der Waals surface area contributed by atoms with E-state index in [1.165, 1.54) is 29.2 Å². The van der Waals surface area contributed by atoms with Crippen LogP contribution < -0.4 is 5.32 Å². The molecule has 3 aromatic carbocycles. The van der Waals surface area contributed by atoms with Gasteiger partial charge in [0.25, 0.3) is 5.91 Å². The smallest absolute Gasteiger partial charge is 0.325 e. The minimum Gasteiger partial charge on any atom is -0.344 e. The number of benzene rings is 3. The normalized spacial score (nSPS) is 18.2. The average molecular weight is 433 g/mol. The Hall–Kier alpha value is -3.74. The van der Waals surface area contributed by atoms with Crippen molar-refractivity contribution in [2.75, 3.05) is 20.1 Å². The van der Waals surface area contributed by atoms with Gasteiger partial charge in [-0.3, -0.25) is 14.5 Å². The van der Waals surface area contributed by atoms with E-state index in [1.54, 1.807) is 14.0 Å². The molecule has 164 valence electrons. The van der Waals surface area contributed by atoms with E-state index >= 15 is 0 Å². The summed E-state index contributed by atoms with van der Waals surface area (Å²) in [5.74, 6) is -1.31. The van der Waals surface area contributed by atoms with Crippen LogP contribution in [0.3, 0.4) is 0 Å². The summed E-state index contributed by atoms with van der Waals surface area (Å²) in [6.07, 6.45) is 0.650. The van der Waals surface area contributed by atoms with Gasteiger partial charge in [0.1, 0.15) is 17.9 Å². The van der Waals surface area contributed by atoms with Crippen LogP contribution in [0.5, 0.6) is 0 Å². The van der Waals surface area contributed by atoms with Crippen LogP contribution in [0.25, 0.3) is 10.8 Å². The molecule has 1 fully saturated rings. The summed E-state index contributed by atoms with van der Waals surface area (Å²) in [7, 11) is 1.66. The number of fused-ring (bicyclic) bond motifs is 1. The zero-order chi connectivity index (χ0) is 22.9. The van der Waals surface area contributed by atoms with Crippen LogP contribution in [-0.2, 0) is 21.5 Å². The first-order valence-corrected chi connectivity index (χ1v) is 10.4. The molecule has 4 amide bonds. The average Bonchev–Trinajstić information content (AvgIpc) is 3.01. The van der Waals surface area contributed by atoms with E-state index in [-0.39, 0.29) is 12.5 Å². The van der Waals surface area contributed by atoms with Crippen LogP contribution in [0.4, 0.5) is 9.18 Å². The third-order valence-corrected chi connectivity index (χ3v) is 6.01. The second-order valence-electron chi connectivity index (χ2n) is 8.16. The molecule has 7 heteroatoms. The quantitative estimate of drug-likeness (QED) is 0.606. The van der Waals surface area contributed by atoms with Gasteiger partial charge in [0, 0.05) is 13.6 Å². The van der Waals surface area contributed by atoms with Crippen molar-refractivity contribution in [3.8, 4) is 0 Å². The summed E-state index contributed by atoms with van der Waals surface area (Å²) in [5, 5.41) is 4.91. The summed E-state index contributed by atoms with van der Waals surface area (Å²) in [6.45, 7) is 1.65. The molecular formula is C25H24FN3O3. The lowest BCUT2D eigenvalue weighted by atomic mass is 9.92. The Morgan fingerprint density at radius 3 is 2.47 bits per heavy atom. The Morgan fingerprint density at radius 2 is 1.72 bits per heavy atom. The first kappa shape index (κ1) is 21.5. The maximum atomic E-state index is 13.3. The van der Waals surface area contributed by atoms with Crippen molar-refractivity contribution in [3.05, 3.63) is 83.7 Å². The summed E-state index contributed by atoms with van der Waals surface area (Å²) >= 11 is 0. The highest BCUT2D eigenvalue weighted by molar-refractivity contribution is 6.09. The Kier molecular flexibility index (Phi) is 5.65. The van der Waals surface area contributed by atoms with Gasteiger partial charge in [-0.15, -0.1) is 0 Å². The van der Waals surface area contributed by atoms with Gasteiger partial charge < -0.3 is 10.2 Å². The number of imide groups is 1. The number of nitrogens with zero attached hydrogens (tertiary/aromatic N) is 2. The molecule has 1 heterocycles. The van der Waals surface area contributed by atoms with E-state index in [1.807, 2.05) is 36.4 Å². The topological polar surface area (TPSA) is 69.7 Å². The molecule has 0 aliphatic carbocycles. The monoisotopic (exact) mass is 433 g/mol. The fraction of sp³-hybridized carbons (Fsp3) is 0.240. The minimum atomic E-state index is -1.34. The fourth-order valence-corrected chi connectivity index (χ4v) is 4.00. The highest BCUT2D eigenvalue weighted by Crippen LogP contribution is 2.29. The predicted molar refractivity (Wildman–Crippen MR) is 119 cm³/mol. The van der Waals surface area contributed by atoms with Gasteiger partial charge in [-0.1, -0.05) is 54.6 Å². The van der Waals surface area contributed by atoms with Gasteiger partial charge in [0.2, 0.25) is 5.91 Å². The molecule has 1 unspecified atom stereocenters. The Labute approximate surface area is 185 Å². The van der Waals surface area contributed by atoms with Gasteiger partial charge in [-0.2, -0.15) is 0 Å². The minimum absolute atomic E-state index is 0.336. The molecule has 0 bridgehead atoms. The van der Waals surface area contributed by atoms with Crippen LogP contribution in [0.2, 0.25) is 0 Å². The van der Waals surface area contributed by atoms with E-state index in [9.17, 15) is 18.8 Å². The van der Waals surface area contributed by atoms with E-state index in [4.69, 9.17) is 0 Å². The predicted octanol–water partition coefficient (Wildman–Crippen LogP) is 3.45. The lowest BCUT2D eigenvalue weighted by Crippen LogP contribution is -2.44. The molecule has 4 rings (SSSR count). The molecule has 6 nitrogen and oxygen atoms in total. The second kappa shape index (κ2) is 8.42. The van der Waals surface area contributed by atoms with Crippen molar-refractivity contribution in [2.45, 2.75) is 18.9 Å². The zero-order valence-electron chi connectivity index (χ0n) is 18.0. The zero-order valence-corrected chi connectivity index (χ0v) is 18.0. The number of likely N-dealkylation sites (N-methyl/N-ethyl adjacent to an activating group) is 1. The number of amides is 4. The lowest BCUT2D eigenvalue weighted by Gasteiger charge is -2.23. The third-order valence-electron chi connectivity index (χ3n) is 6.01. The largest absolute Gasteiger partial charge is 0.344 e. The van der Waals surface area contributed by atoms with Crippen LogP contribution in [0.15, 0.2) is 66.7 Å². The van der Waals surface area contributed by atoms with E-state index in [0.717, 1.165) is 21.2 Å². The summed E-state index contributed by atoms with van der Waals surface area (Å²) in [4.78, 5) is 40.7. The van der Waals surface area contributed by atoms with Gasteiger partial charge in [0.15, 0.2) is 0 Å². The summed E-state index contributed by atoms with van der Waals surface area (Å²) < 4.78 is 13.3. The number of nitrogens with one attached hydrogen (secondary N) is 1. The van der Waals surface area contributed by atoms with E-state index in [2.05, 4.69) is 11.4 Å². The number of halogens is 1. The van der Waals surface area contributed by atoms with Crippen LogP contribution in [0, 0.1) is 5.82 Å². The van der Waals surface area contributed by atoms with Crippen molar-refractivity contribution in [2.24, 2.45) is 0 Å². The molecule has 1 N–H and O–H groups in total. The number of urea groups is 1. The van der Waals surface area contributed by atoms with Crippen molar-refractivity contribution in [1.29, 1.82) is 0 Å². The molecule has 0 radical (unpaired) electrons. The maximum Gasteiger partial charge on any atom is 0.325 e. The van der Waals surface area contributed by atoms with Gasteiger partial charge >= 0.3 is 6.03 Å². The Bertz CT molecular complexity index is 1190. The van der Waals surface area contributed by atoms with Gasteiger partial charge in [-0.05, 0) is 47.4 Å². The number of hydrogen-bond donors (Lipinski definition) is 1. The molecule has 0 saturated carbocycles. The van der Waals surface area contributed by atoms with Crippen molar-refractivity contribution >= 4 is 28.6 Å². The maximum absolute atomic E-state index is 13.3. The Morgan fingerprint density at radius 1 is 1.03 bits per heavy atom. The van der Waals surface area contributed by atoms with Crippen molar-refractivity contribution < 1.29 is 18.8 Å². The highest BCUT2D eigenvalue weighted by Gasteiger charge is 2.49. The van der Waals surface area contributed by atoms with Crippen LogP contribution in [-0.4, -0.2) is 47.8 Å². The van der Waals surface area contributed by atoms with Gasteiger partial charge in [-0.25, -0.2) is 9.18 Å². The third kappa shape index (κ3) is 3.93. The number of carbonyl (C=O) groups is 3. The van der Waals surface area contributed by atoms with Crippen LogP contribution in [0.1, 0.15) is 18.1 Å². The van der Waals surface area contributed by atoms with Crippen LogP contribution >= 0.6 is 0 Å². The summed E-state index contributed by atoms with van der Waals surface area (Å²) in [6, 6.07) is 18.9.